The molecule has 0 aliphatic carbocycles. The van der Waals surface area contributed by atoms with E-state index in [9.17, 15) is 13.2 Å². The number of benzene rings is 2. The number of anilines is 2. The van der Waals surface area contributed by atoms with Crippen molar-refractivity contribution in [2.45, 2.75) is 24.2 Å². The van der Waals surface area contributed by atoms with Gasteiger partial charge in [0.25, 0.3) is 10.0 Å². The third-order valence-corrected chi connectivity index (χ3v) is 7.71. The van der Waals surface area contributed by atoms with Gasteiger partial charge in [0.15, 0.2) is 0 Å². The Labute approximate surface area is 180 Å². The summed E-state index contributed by atoms with van der Waals surface area (Å²) in [7, 11) is -2.18. The second-order valence-electron chi connectivity index (χ2n) is 7.00. The van der Waals surface area contributed by atoms with Crippen LogP contribution in [0.25, 0.3) is 0 Å². The first kappa shape index (κ1) is 20.4. The molecule has 1 amide bonds. The van der Waals surface area contributed by atoms with Crippen LogP contribution in [0.15, 0.2) is 64.9 Å². The molecular formula is C22H22N2O4S2. The lowest BCUT2D eigenvalue weighted by Gasteiger charge is -2.31. The van der Waals surface area contributed by atoms with Gasteiger partial charge in [0.05, 0.1) is 24.1 Å². The third kappa shape index (κ3) is 4.20. The van der Waals surface area contributed by atoms with Crippen molar-refractivity contribution in [3.8, 4) is 5.75 Å². The Hall–Kier alpha value is -2.84. The van der Waals surface area contributed by atoms with Crippen molar-refractivity contribution in [2.24, 2.45) is 0 Å². The van der Waals surface area contributed by atoms with E-state index in [4.69, 9.17) is 4.74 Å². The number of ether oxygens (including phenoxy) is 1. The lowest BCUT2D eigenvalue weighted by Crippen LogP contribution is -2.35. The van der Waals surface area contributed by atoms with Gasteiger partial charge in [-0.25, -0.2) is 8.42 Å². The molecule has 2 heterocycles. The monoisotopic (exact) mass is 442 g/mol. The smallest absolute Gasteiger partial charge is 0.264 e. The summed E-state index contributed by atoms with van der Waals surface area (Å²) in [6.07, 6.45) is 1.84. The first-order valence-corrected chi connectivity index (χ1v) is 11.9. The number of amides is 1. The Morgan fingerprint density at radius 3 is 2.67 bits per heavy atom. The van der Waals surface area contributed by atoms with E-state index >= 15 is 0 Å². The summed E-state index contributed by atoms with van der Waals surface area (Å²) in [6.45, 7) is 0.397. The van der Waals surface area contributed by atoms with Crippen molar-refractivity contribution in [1.82, 2.24) is 0 Å². The Bertz CT molecular complexity index is 1140. The van der Waals surface area contributed by atoms with Gasteiger partial charge in [-0.1, -0.05) is 12.1 Å². The van der Waals surface area contributed by atoms with Crippen molar-refractivity contribution in [3.63, 3.8) is 0 Å². The fraction of sp³-hybridized carbons (Fsp3) is 0.227. The number of aryl methyl sites for hydroxylation is 1. The molecule has 0 fully saturated rings. The van der Waals surface area contributed by atoms with Crippen molar-refractivity contribution in [1.29, 1.82) is 0 Å². The number of hydrogen-bond donors (Lipinski definition) is 1. The van der Waals surface area contributed by atoms with E-state index in [1.165, 1.54) is 15.6 Å². The molecule has 0 saturated heterocycles. The molecule has 1 aliphatic heterocycles. The number of sulfonamides is 1. The molecule has 0 saturated carbocycles. The van der Waals surface area contributed by atoms with Gasteiger partial charge in [-0.2, -0.15) is 0 Å². The van der Waals surface area contributed by atoms with Crippen molar-refractivity contribution < 1.29 is 17.9 Å². The van der Waals surface area contributed by atoms with Crippen molar-refractivity contribution in [2.75, 3.05) is 23.3 Å². The van der Waals surface area contributed by atoms with E-state index in [2.05, 4.69) is 5.32 Å². The van der Waals surface area contributed by atoms with Crippen LogP contribution in [0, 0.1) is 0 Å². The molecule has 8 heteroatoms. The first-order chi connectivity index (χ1) is 14.5. The van der Waals surface area contributed by atoms with Crippen LogP contribution in [0.5, 0.6) is 5.75 Å². The molecule has 0 atom stereocenters. The number of rotatable bonds is 6. The summed E-state index contributed by atoms with van der Waals surface area (Å²) in [6, 6.07) is 15.7. The SMILES string of the molecule is COc1ccc(S(=O)(=O)N2CCCc3ccc(NC(=O)Cc4cccs4)cc32)cc1. The molecule has 2 aromatic carbocycles. The summed E-state index contributed by atoms with van der Waals surface area (Å²) in [4.78, 5) is 13.6. The Morgan fingerprint density at radius 2 is 1.97 bits per heavy atom. The van der Waals surface area contributed by atoms with Crippen LogP contribution >= 0.6 is 11.3 Å². The summed E-state index contributed by atoms with van der Waals surface area (Å²) < 4.78 is 33.1. The third-order valence-electron chi connectivity index (χ3n) is 5.01. The lowest BCUT2D eigenvalue weighted by atomic mass is 10.0. The fourth-order valence-electron chi connectivity index (χ4n) is 3.52. The fourth-order valence-corrected chi connectivity index (χ4v) is 5.76. The molecular weight excluding hydrogens is 420 g/mol. The van der Waals surface area contributed by atoms with Gasteiger partial charge < -0.3 is 10.1 Å². The molecule has 1 N–H and O–H groups in total. The number of nitrogens with one attached hydrogen (secondary N) is 1. The second-order valence-corrected chi connectivity index (χ2v) is 9.90. The topological polar surface area (TPSA) is 75.7 Å². The zero-order chi connectivity index (χ0) is 21.1. The maximum absolute atomic E-state index is 13.3. The van der Waals surface area contributed by atoms with Crippen molar-refractivity contribution >= 4 is 38.6 Å². The van der Waals surface area contributed by atoms with Crippen LogP contribution in [-0.4, -0.2) is 28.0 Å². The molecule has 0 unspecified atom stereocenters. The number of thiophene rings is 1. The van der Waals surface area contributed by atoms with Gasteiger partial charge in [-0.05, 0) is 66.2 Å². The van der Waals surface area contributed by atoms with Gasteiger partial charge in [-0.15, -0.1) is 11.3 Å². The Kier molecular flexibility index (Phi) is 5.78. The van der Waals surface area contributed by atoms with Crippen LogP contribution in [0.4, 0.5) is 11.4 Å². The summed E-state index contributed by atoms with van der Waals surface area (Å²) in [5, 5.41) is 4.82. The highest BCUT2D eigenvalue weighted by Crippen LogP contribution is 2.34. The van der Waals surface area contributed by atoms with E-state index in [1.54, 1.807) is 37.4 Å². The minimum absolute atomic E-state index is 0.127. The predicted molar refractivity (Wildman–Crippen MR) is 119 cm³/mol. The van der Waals surface area contributed by atoms with E-state index in [0.717, 1.165) is 23.3 Å². The summed E-state index contributed by atoms with van der Waals surface area (Å²) in [5.74, 6) is 0.474. The first-order valence-electron chi connectivity index (χ1n) is 9.59. The van der Waals surface area contributed by atoms with Crippen LogP contribution in [0.3, 0.4) is 0 Å². The molecule has 0 spiro atoms. The number of nitrogens with zero attached hydrogens (tertiary/aromatic N) is 1. The Balaban J connectivity index is 1.60. The largest absolute Gasteiger partial charge is 0.497 e. The molecule has 1 aromatic heterocycles. The zero-order valence-corrected chi connectivity index (χ0v) is 18.1. The summed E-state index contributed by atoms with van der Waals surface area (Å²) >= 11 is 1.53. The van der Waals surface area contributed by atoms with E-state index < -0.39 is 10.0 Å². The van der Waals surface area contributed by atoms with Gasteiger partial charge in [-0.3, -0.25) is 9.10 Å². The lowest BCUT2D eigenvalue weighted by molar-refractivity contribution is -0.115. The molecule has 0 radical (unpaired) electrons. The van der Waals surface area contributed by atoms with Gasteiger partial charge in [0.1, 0.15) is 5.75 Å². The second kappa shape index (κ2) is 8.49. The number of hydrogen-bond acceptors (Lipinski definition) is 5. The quantitative estimate of drug-likeness (QED) is 0.624. The molecule has 3 aromatic rings. The van der Waals surface area contributed by atoms with E-state index in [0.29, 0.717) is 30.1 Å². The standard InChI is InChI=1S/C22H22N2O4S2/c1-28-18-8-10-20(11-9-18)30(26,27)24-12-2-4-16-6-7-17(14-21(16)24)23-22(25)15-19-5-3-13-29-19/h3,5-11,13-14H,2,4,12,15H2,1H3,(H,23,25). The van der Waals surface area contributed by atoms with Gasteiger partial charge in [0, 0.05) is 17.1 Å². The Morgan fingerprint density at radius 1 is 1.17 bits per heavy atom. The maximum Gasteiger partial charge on any atom is 0.264 e. The molecule has 30 heavy (non-hydrogen) atoms. The van der Waals surface area contributed by atoms with Crippen LogP contribution in [-0.2, 0) is 27.7 Å². The average Bonchev–Trinajstić information content (AvgIpc) is 3.26. The van der Waals surface area contributed by atoms with Crippen LogP contribution < -0.4 is 14.4 Å². The normalized spacial score (nSPS) is 13.6. The maximum atomic E-state index is 13.3. The molecule has 156 valence electrons. The average molecular weight is 443 g/mol. The van der Waals surface area contributed by atoms with Crippen molar-refractivity contribution in [3.05, 3.63) is 70.4 Å². The van der Waals surface area contributed by atoms with Crippen LogP contribution in [0.1, 0.15) is 16.9 Å². The highest BCUT2D eigenvalue weighted by Gasteiger charge is 2.29. The molecule has 4 rings (SSSR count). The number of carbonyl (C=O) groups is 1. The molecule has 6 nitrogen and oxygen atoms in total. The van der Waals surface area contributed by atoms with E-state index in [1.807, 2.05) is 29.6 Å². The number of fused-ring (bicyclic) bond motifs is 1. The molecule has 1 aliphatic rings. The molecule has 0 bridgehead atoms. The number of methoxy groups -OCH3 is 1. The number of carbonyl (C=O) groups excluding carboxylic acids is 1. The zero-order valence-electron chi connectivity index (χ0n) is 16.5. The van der Waals surface area contributed by atoms with E-state index in [-0.39, 0.29) is 10.8 Å². The highest BCUT2D eigenvalue weighted by atomic mass is 32.2. The van der Waals surface area contributed by atoms with Gasteiger partial charge in [0.2, 0.25) is 5.91 Å². The predicted octanol–water partition coefficient (Wildman–Crippen LogP) is 4.08. The highest BCUT2D eigenvalue weighted by molar-refractivity contribution is 7.92. The minimum atomic E-state index is -3.72. The summed E-state index contributed by atoms with van der Waals surface area (Å²) in [5.41, 5.74) is 2.16. The van der Waals surface area contributed by atoms with Crippen LogP contribution in [0.2, 0.25) is 0 Å². The minimum Gasteiger partial charge on any atom is -0.497 e. The van der Waals surface area contributed by atoms with Gasteiger partial charge >= 0.3 is 0 Å².